The van der Waals surface area contributed by atoms with E-state index < -0.39 is 0 Å². The van der Waals surface area contributed by atoms with Crippen LogP contribution in [0.1, 0.15) is 44.2 Å². The Bertz CT molecular complexity index is 379. The normalized spacial score (nSPS) is 12.7. The topological polar surface area (TPSA) is 28.2 Å². The summed E-state index contributed by atoms with van der Waals surface area (Å²) in [6.45, 7) is 8.72. The van der Waals surface area contributed by atoms with E-state index in [-0.39, 0.29) is 0 Å². The van der Waals surface area contributed by atoms with E-state index in [9.17, 15) is 0 Å². The van der Waals surface area contributed by atoms with Crippen molar-refractivity contribution in [2.24, 2.45) is 0 Å². The summed E-state index contributed by atoms with van der Waals surface area (Å²) in [5, 5.41) is 4.66. The summed E-state index contributed by atoms with van der Waals surface area (Å²) in [4.78, 5) is 8.57. The minimum absolute atomic E-state index is 0.551. The van der Waals surface area contributed by atoms with Gasteiger partial charge in [0.05, 0.1) is 5.69 Å². The molecule has 0 bridgehead atoms. The van der Waals surface area contributed by atoms with E-state index in [4.69, 9.17) is 4.98 Å². The van der Waals surface area contributed by atoms with Crippen molar-refractivity contribution in [2.75, 3.05) is 30.5 Å². The molecule has 1 N–H and O–H groups in total. The van der Waals surface area contributed by atoms with Gasteiger partial charge in [-0.05, 0) is 44.7 Å². The standard InChI is InChI=1S/C15H29N3S2/c1-6-9-16-11-14-13(7-2)17-15(20-14)18(4)12(3)8-10-19-5/h12,16H,6-11H2,1-5H3. The lowest BCUT2D eigenvalue weighted by Crippen LogP contribution is -2.29. The van der Waals surface area contributed by atoms with Crippen molar-refractivity contribution >= 4 is 28.2 Å². The molecule has 0 fully saturated rings. The highest BCUT2D eigenvalue weighted by Crippen LogP contribution is 2.28. The minimum Gasteiger partial charge on any atom is -0.348 e. The number of rotatable bonds is 10. The fourth-order valence-corrected chi connectivity index (χ4v) is 3.74. The summed E-state index contributed by atoms with van der Waals surface area (Å²) < 4.78 is 0. The van der Waals surface area contributed by atoms with Gasteiger partial charge in [0, 0.05) is 24.5 Å². The minimum atomic E-state index is 0.551. The van der Waals surface area contributed by atoms with Crippen molar-refractivity contribution in [1.82, 2.24) is 10.3 Å². The molecule has 0 saturated carbocycles. The van der Waals surface area contributed by atoms with Crippen LogP contribution < -0.4 is 10.2 Å². The molecule has 1 rings (SSSR count). The fourth-order valence-electron chi connectivity index (χ4n) is 1.98. The van der Waals surface area contributed by atoms with Gasteiger partial charge < -0.3 is 10.2 Å². The van der Waals surface area contributed by atoms with Crippen LogP contribution in [-0.4, -0.2) is 36.6 Å². The number of thioether (sulfide) groups is 1. The molecule has 1 aromatic rings. The quantitative estimate of drug-likeness (QED) is 0.665. The molecule has 0 aliphatic rings. The highest BCUT2D eigenvalue weighted by Gasteiger charge is 2.16. The van der Waals surface area contributed by atoms with E-state index in [0.29, 0.717) is 6.04 Å². The third kappa shape index (κ3) is 5.26. The van der Waals surface area contributed by atoms with Crippen LogP contribution in [0.5, 0.6) is 0 Å². The van der Waals surface area contributed by atoms with Gasteiger partial charge in [-0.1, -0.05) is 13.8 Å². The average molecular weight is 316 g/mol. The van der Waals surface area contributed by atoms with Crippen LogP contribution in [0.2, 0.25) is 0 Å². The zero-order valence-corrected chi connectivity index (χ0v) is 15.2. The Kier molecular flexibility index (Phi) is 8.57. The molecule has 0 radical (unpaired) electrons. The molecule has 5 heteroatoms. The molecule has 1 unspecified atom stereocenters. The lowest BCUT2D eigenvalue weighted by molar-refractivity contribution is 0.665. The molecule has 20 heavy (non-hydrogen) atoms. The van der Waals surface area contributed by atoms with Crippen LogP contribution in [0.25, 0.3) is 0 Å². The van der Waals surface area contributed by atoms with Crippen molar-refractivity contribution in [2.45, 2.75) is 52.6 Å². The number of aromatic nitrogens is 1. The molecular formula is C15H29N3S2. The van der Waals surface area contributed by atoms with E-state index in [2.05, 4.69) is 44.3 Å². The molecule has 0 saturated heterocycles. The number of hydrogen-bond donors (Lipinski definition) is 1. The van der Waals surface area contributed by atoms with Crippen LogP contribution in [-0.2, 0) is 13.0 Å². The van der Waals surface area contributed by atoms with Gasteiger partial charge in [-0.3, -0.25) is 0 Å². The highest BCUT2D eigenvalue weighted by molar-refractivity contribution is 7.98. The van der Waals surface area contributed by atoms with Crippen LogP contribution in [0.3, 0.4) is 0 Å². The molecule has 1 aromatic heterocycles. The Morgan fingerprint density at radius 1 is 1.40 bits per heavy atom. The fraction of sp³-hybridized carbons (Fsp3) is 0.800. The number of aryl methyl sites for hydroxylation is 1. The Labute approximate surface area is 132 Å². The zero-order chi connectivity index (χ0) is 15.0. The maximum atomic E-state index is 4.83. The Balaban J connectivity index is 2.69. The van der Waals surface area contributed by atoms with Crippen LogP contribution in [0, 0.1) is 0 Å². The van der Waals surface area contributed by atoms with Gasteiger partial charge in [0.2, 0.25) is 0 Å². The lowest BCUT2D eigenvalue weighted by atomic mass is 10.2. The van der Waals surface area contributed by atoms with Gasteiger partial charge in [0.1, 0.15) is 0 Å². The Morgan fingerprint density at radius 2 is 2.15 bits per heavy atom. The van der Waals surface area contributed by atoms with Crippen molar-refractivity contribution < 1.29 is 0 Å². The second-order valence-corrected chi connectivity index (χ2v) is 7.19. The van der Waals surface area contributed by atoms with Crippen LogP contribution in [0.4, 0.5) is 5.13 Å². The largest absolute Gasteiger partial charge is 0.348 e. The van der Waals surface area contributed by atoms with E-state index in [0.717, 1.165) is 19.5 Å². The summed E-state index contributed by atoms with van der Waals surface area (Å²) in [6, 6.07) is 0.551. The Hall–Kier alpha value is -0.260. The Morgan fingerprint density at radius 3 is 2.75 bits per heavy atom. The monoisotopic (exact) mass is 315 g/mol. The van der Waals surface area contributed by atoms with Gasteiger partial charge in [0.25, 0.3) is 0 Å². The first-order chi connectivity index (χ1) is 9.63. The van der Waals surface area contributed by atoms with E-state index in [1.165, 1.54) is 34.3 Å². The summed E-state index contributed by atoms with van der Waals surface area (Å²) in [6.07, 6.45) is 5.58. The molecule has 116 valence electrons. The molecule has 1 atom stereocenters. The number of nitrogens with one attached hydrogen (secondary N) is 1. The van der Waals surface area contributed by atoms with E-state index in [1.54, 1.807) is 0 Å². The van der Waals surface area contributed by atoms with Gasteiger partial charge >= 0.3 is 0 Å². The molecule has 3 nitrogen and oxygen atoms in total. The summed E-state index contributed by atoms with van der Waals surface area (Å²) in [5.41, 5.74) is 1.26. The van der Waals surface area contributed by atoms with Crippen molar-refractivity contribution in [3.8, 4) is 0 Å². The van der Waals surface area contributed by atoms with Crippen molar-refractivity contribution in [1.29, 1.82) is 0 Å². The third-order valence-electron chi connectivity index (χ3n) is 3.52. The van der Waals surface area contributed by atoms with Crippen molar-refractivity contribution in [3.05, 3.63) is 10.6 Å². The third-order valence-corrected chi connectivity index (χ3v) is 5.35. The zero-order valence-electron chi connectivity index (χ0n) is 13.5. The summed E-state index contributed by atoms with van der Waals surface area (Å²) in [7, 11) is 2.17. The second kappa shape index (κ2) is 9.64. The molecule has 0 aliphatic carbocycles. The molecule has 1 heterocycles. The molecule has 0 amide bonds. The van der Waals surface area contributed by atoms with Crippen LogP contribution in [0.15, 0.2) is 0 Å². The number of hydrogen-bond acceptors (Lipinski definition) is 5. The van der Waals surface area contributed by atoms with Crippen LogP contribution >= 0.6 is 23.1 Å². The summed E-state index contributed by atoms with van der Waals surface area (Å²) in [5.74, 6) is 1.21. The first-order valence-electron chi connectivity index (χ1n) is 7.55. The predicted octanol–water partition coefficient (Wildman–Crippen LogP) is 3.78. The van der Waals surface area contributed by atoms with Crippen molar-refractivity contribution in [3.63, 3.8) is 0 Å². The van der Waals surface area contributed by atoms with Gasteiger partial charge in [-0.25, -0.2) is 4.98 Å². The average Bonchev–Trinajstić information content (AvgIpc) is 2.87. The first kappa shape index (κ1) is 17.8. The van der Waals surface area contributed by atoms with Gasteiger partial charge in [-0.2, -0.15) is 11.8 Å². The lowest BCUT2D eigenvalue weighted by Gasteiger charge is -2.23. The smallest absolute Gasteiger partial charge is 0.185 e. The number of thiazole rings is 1. The van der Waals surface area contributed by atoms with Gasteiger partial charge in [-0.15, -0.1) is 11.3 Å². The highest BCUT2D eigenvalue weighted by atomic mass is 32.2. The molecular weight excluding hydrogens is 286 g/mol. The molecule has 0 aromatic carbocycles. The van der Waals surface area contributed by atoms with E-state index >= 15 is 0 Å². The SMILES string of the molecule is CCCNCc1sc(N(C)C(C)CCSC)nc1CC. The maximum absolute atomic E-state index is 4.83. The second-order valence-electron chi connectivity index (χ2n) is 5.14. The van der Waals surface area contributed by atoms with E-state index in [1.807, 2.05) is 23.1 Å². The number of anilines is 1. The molecule has 0 spiro atoms. The number of nitrogens with zero attached hydrogens (tertiary/aromatic N) is 2. The summed E-state index contributed by atoms with van der Waals surface area (Å²) >= 11 is 3.77. The van der Waals surface area contributed by atoms with Gasteiger partial charge in [0.15, 0.2) is 5.13 Å². The maximum Gasteiger partial charge on any atom is 0.185 e. The first-order valence-corrected chi connectivity index (χ1v) is 9.76. The predicted molar refractivity (Wildman–Crippen MR) is 94.4 cm³/mol. The molecule has 0 aliphatic heterocycles.